The van der Waals surface area contributed by atoms with E-state index in [1.54, 1.807) is 31.4 Å². The number of hydrogen-bond donors (Lipinski definition) is 0. The van der Waals surface area contributed by atoms with Crippen molar-refractivity contribution in [2.24, 2.45) is 5.92 Å². The highest BCUT2D eigenvalue weighted by molar-refractivity contribution is 7.89. The molecule has 2 aliphatic heterocycles. The number of methoxy groups -OCH3 is 1. The van der Waals surface area contributed by atoms with Gasteiger partial charge in [0.15, 0.2) is 0 Å². The SMILES string of the molecule is COc1ccc(S(=O)(=O)N2CCC[C@H](C(=O)N3CCN(c4cc(Cl)ccc4C)CC3)C2)cc1. The van der Waals surface area contributed by atoms with Crippen LogP contribution in [0.25, 0.3) is 0 Å². The summed E-state index contributed by atoms with van der Waals surface area (Å²) in [6.45, 7) is 5.41. The third kappa shape index (κ3) is 5.13. The molecule has 1 atom stereocenters. The van der Waals surface area contributed by atoms with Gasteiger partial charge in [-0.1, -0.05) is 17.7 Å². The van der Waals surface area contributed by atoms with Crippen molar-refractivity contribution in [3.63, 3.8) is 0 Å². The number of aryl methyl sites for hydroxylation is 1. The topological polar surface area (TPSA) is 70.2 Å². The number of anilines is 1. The average molecular weight is 492 g/mol. The molecule has 0 bridgehead atoms. The summed E-state index contributed by atoms with van der Waals surface area (Å²) < 4.78 is 32.8. The van der Waals surface area contributed by atoms with Crippen molar-refractivity contribution in [3.05, 3.63) is 53.1 Å². The van der Waals surface area contributed by atoms with E-state index in [1.807, 2.05) is 23.1 Å². The van der Waals surface area contributed by atoms with Crippen molar-refractivity contribution >= 4 is 33.2 Å². The van der Waals surface area contributed by atoms with Crippen molar-refractivity contribution in [1.29, 1.82) is 0 Å². The number of rotatable bonds is 5. The van der Waals surface area contributed by atoms with Crippen LogP contribution in [0.15, 0.2) is 47.4 Å². The number of sulfonamides is 1. The second-order valence-corrected chi connectivity index (χ2v) is 11.0. The van der Waals surface area contributed by atoms with E-state index in [-0.39, 0.29) is 23.3 Å². The molecule has 33 heavy (non-hydrogen) atoms. The van der Waals surface area contributed by atoms with Crippen molar-refractivity contribution in [2.45, 2.75) is 24.7 Å². The number of benzene rings is 2. The van der Waals surface area contributed by atoms with E-state index in [9.17, 15) is 13.2 Å². The maximum absolute atomic E-state index is 13.3. The second kappa shape index (κ2) is 9.91. The standard InChI is InChI=1S/C24H30ClN3O4S/c1-18-5-6-20(25)16-23(18)26-12-14-27(15-13-26)24(29)19-4-3-11-28(17-19)33(30,31)22-9-7-21(32-2)8-10-22/h5-10,16,19H,3-4,11-15,17H2,1-2H3/t19-/m0/s1. The number of piperazine rings is 1. The fourth-order valence-corrected chi connectivity index (χ4v) is 6.30. The van der Waals surface area contributed by atoms with Crippen LogP contribution in [0.2, 0.25) is 5.02 Å². The van der Waals surface area contributed by atoms with Crippen LogP contribution >= 0.6 is 11.6 Å². The number of carbonyl (C=O) groups excluding carboxylic acids is 1. The van der Waals surface area contributed by atoms with Gasteiger partial charge in [0, 0.05) is 50.0 Å². The van der Waals surface area contributed by atoms with Crippen LogP contribution in [0.5, 0.6) is 5.75 Å². The van der Waals surface area contributed by atoms with Gasteiger partial charge in [-0.3, -0.25) is 4.79 Å². The molecule has 2 heterocycles. The van der Waals surface area contributed by atoms with E-state index in [0.717, 1.165) is 24.3 Å². The predicted octanol–water partition coefficient (Wildman–Crippen LogP) is 3.41. The van der Waals surface area contributed by atoms with E-state index in [2.05, 4.69) is 11.8 Å². The number of halogens is 1. The van der Waals surface area contributed by atoms with Gasteiger partial charge in [-0.05, 0) is 61.7 Å². The van der Waals surface area contributed by atoms with E-state index < -0.39 is 10.0 Å². The Balaban J connectivity index is 1.39. The van der Waals surface area contributed by atoms with Crippen molar-refractivity contribution < 1.29 is 17.9 Å². The molecule has 4 rings (SSSR count). The molecular formula is C24H30ClN3O4S. The quantitative estimate of drug-likeness (QED) is 0.641. The number of hydrogen-bond acceptors (Lipinski definition) is 5. The average Bonchev–Trinajstić information content (AvgIpc) is 2.85. The molecule has 9 heteroatoms. The molecule has 0 unspecified atom stereocenters. The summed E-state index contributed by atoms with van der Waals surface area (Å²) in [5.41, 5.74) is 2.26. The first-order valence-electron chi connectivity index (χ1n) is 11.2. The molecule has 0 spiro atoms. The molecule has 0 aliphatic carbocycles. The van der Waals surface area contributed by atoms with Gasteiger partial charge in [0.05, 0.1) is 17.9 Å². The minimum atomic E-state index is -3.65. The number of nitrogens with zero attached hydrogens (tertiary/aromatic N) is 3. The molecule has 2 aromatic rings. The zero-order chi connectivity index (χ0) is 23.6. The third-order valence-electron chi connectivity index (χ3n) is 6.53. The van der Waals surface area contributed by atoms with E-state index in [4.69, 9.17) is 16.3 Å². The van der Waals surface area contributed by atoms with Crippen LogP contribution in [0.3, 0.4) is 0 Å². The summed E-state index contributed by atoms with van der Waals surface area (Å²) in [6.07, 6.45) is 1.38. The molecule has 2 aromatic carbocycles. The van der Waals surface area contributed by atoms with Crippen molar-refractivity contribution in [2.75, 3.05) is 51.3 Å². The van der Waals surface area contributed by atoms with Gasteiger partial charge >= 0.3 is 0 Å². The predicted molar refractivity (Wildman–Crippen MR) is 129 cm³/mol. The molecule has 7 nitrogen and oxygen atoms in total. The summed E-state index contributed by atoms with van der Waals surface area (Å²) in [5, 5.41) is 0.703. The first-order chi connectivity index (χ1) is 15.8. The molecule has 0 radical (unpaired) electrons. The number of ether oxygens (including phenoxy) is 1. The zero-order valence-corrected chi connectivity index (χ0v) is 20.6. The van der Waals surface area contributed by atoms with Gasteiger partial charge in [0.1, 0.15) is 5.75 Å². The summed E-state index contributed by atoms with van der Waals surface area (Å²) in [6, 6.07) is 12.2. The van der Waals surface area contributed by atoms with Crippen LogP contribution in [0, 0.1) is 12.8 Å². The summed E-state index contributed by atoms with van der Waals surface area (Å²) >= 11 is 6.18. The Bertz CT molecular complexity index is 1100. The minimum Gasteiger partial charge on any atom is -0.497 e. The Labute approximate surface area is 200 Å². The van der Waals surface area contributed by atoms with Crippen LogP contribution in [0.1, 0.15) is 18.4 Å². The Morgan fingerprint density at radius 2 is 1.73 bits per heavy atom. The number of carbonyl (C=O) groups is 1. The Morgan fingerprint density at radius 1 is 1.03 bits per heavy atom. The lowest BCUT2D eigenvalue weighted by Crippen LogP contribution is -2.53. The Morgan fingerprint density at radius 3 is 2.39 bits per heavy atom. The van der Waals surface area contributed by atoms with Crippen LogP contribution in [-0.2, 0) is 14.8 Å². The third-order valence-corrected chi connectivity index (χ3v) is 8.65. The number of amides is 1. The van der Waals surface area contributed by atoms with Gasteiger partial charge in [-0.15, -0.1) is 0 Å². The normalized spacial score (nSPS) is 20.0. The minimum absolute atomic E-state index is 0.0482. The van der Waals surface area contributed by atoms with E-state index in [1.165, 1.54) is 4.31 Å². The molecule has 1 amide bonds. The highest BCUT2D eigenvalue weighted by Gasteiger charge is 2.36. The molecule has 0 N–H and O–H groups in total. The zero-order valence-electron chi connectivity index (χ0n) is 19.0. The fraction of sp³-hybridized carbons (Fsp3) is 0.458. The van der Waals surface area contributed by atoms with Crippen molar-refractivity contribution in [3.8, 4) is 5.75 Å². The Hall–Kier alpha value is -2.29. The highest BCUT2D eigenvalue weighted by Crippen LogP contribution is 2.28. The maximum Gasteiger partial charge on any atom is 0.243 e. The van der Waals surface area contributed by atoms with Crippen LogP contribution < -0.4 is 9.64 Å². The smallest absolute Gasteiger partial charge is 0.243 e. The molecular weight excluding hydrogens is 462 g/mol. The molecule has 2 saturated heterocycles. The van der Waals surface area contributed by atoms with Gasteiger partial charge in [-0.25, -0.2) is 8.42 Å². The lowest BCUT2D eigenvalue weighted by atomic mass is 9.97. The monoisotopic (exact) mass is 491 g/mol. The highest BCUT2D eigenvalue weighted by atomic mass is 35.5. The molecule has 2 aliphatic rings. The van der Waals surface area contributed by atoms with Gasteiger partial charge in [0.2, 0.25) is 15.9 Å². The first-order valence-corrected chi connectivity index (χ1v) is 13.1. The summed E-state index contributed by atoms with van der Waals surface area (Å²) in [7, 11) is -2.11. The second-order valence-electron chi connectivity index (χ2n) is 8.62. The van der Waals surface area contributed by atoms with Gasteiger partial charge in [0.25, 0.3) is 0 Å². The van der Waals surface area contributed by atoms with E-state index in [0.29, 0.717) is 43.2 Å². The lowest BCUT2D eigenvalue weighted by Gasteiger charge is -2.40. The summed E-state index contributed by atoms with van der Waals surface area (Å²) in [4.78, 5) is 17.6. The van der Waals surface area contributed by atoms with Gasteiger partial charge < -0.3 is 14.5 Å². The largest absolute Gasteiger partial charge is 0.497 e. The van der Waals surface area contributed by atoms with Crippen molar-refractivity contribution in [1.82, 2.24) is 9.21 Å². The lowest BCUT2D eigenvalue weighted by molar-refractivity contribution is -0.137. The first kappa shape index (κ1) is 23.9. The maximum atomic E-state index is 13.3. The summed E-state index contributed by atoms with van der Waals surface area (Å²) in [5.74, 6) is 0.339. The van der Waals surface area contributed by atoms with Crippen LogP contribution in [0.4, 0.5) is 5.69 Å². The molecule has 178 valence electrons. The van der Waals surface area contributed by atoms with Gasteiger partial charge in [-0.2, -0.15) is 4.31 Å². The van der Waals surface area contributed by atoms with E-state index >= 15 is 0 Å². The Kier molecular flexibility index (Phi) is 7.16. The number of piperidine rings is 1. The van der Waals surface area contributed by atoms with Crippen LogP contribution in [-0.4, -0.2) is 69.9 Å². The molecule has 0 aromatic heterocycles. The fourth-order valence-electron chi connectivity index (χ4n) is 4.61. The molecule has 0 saturated carbocycles. The molecule has 2 fully saturated rings.